The molecule has 0 amide bonds. The number of Topliss-reactive ketones (excluding diaryl/α,β-unsaturated/α-hetero) is 2. The molecule has 1 aliphatic heterocycles. The second kappa shape index (κ2) is 4.30. The van der Waals surface area contributed by atoms with Crippen molar-refractivity contribution in [1.82, 2.24) is 0 Å². The summed E-state index contributed by atoms with van der Waals surface area (Å²) in [6.45, 7) is 0.114. The smallest absolute Gasteiger partial charge is 0.195 e. The lowest BCUT2D eigenvalue weighted by atomic mass is 9.80. The number of halogens is 1. The van der Waals surface area contributed by atoms with Crippen molar-refractivity contribution in [2.24, 2.45) is 0 Å². The third kappa shape index (κ3) is 1.68. The predicted octanol–water partition coefficient (Wildman–Crippen LogP) is 3.57. The lowest BCUT2D eigenvalue weighted by Crippen LogP contribution is -2.27. The maximum absolute atomic E-state index is 12.8. The summed E-state index contributed by atoms with van der Waals surface area (Å²) in [5, 5.41) is 0.505. The van der Waals surface area contributed by atoms with Crippen LogP contribution in [0.2, 0.25) is 5.02 Å². The molecule has 21 heavy (non-hydrogen) atoms. The Morgan fingerprint density at radius 3 is 2.38 bits per heavy atom. The molecule has 2 aliphatic rings. The number of hydrogen-bond donors (Lipinski definition) is 0. The van der Waals surface area contributed by atoms with E-state index in [1.54, 1.807) is 42.5 Å². The first-order valence-electron chi connectivity index (χ1n) is 6.51. The van der Waals surface area contributed by atoms with Crippen molar-refractivity contribution >= 4 is 28.7 Å². The minimum atomic E-state index is -0.147. The summed E-state index contributed by atoms with van der Waals surface area (Å²) in [6.07, 6.45) is 0. The number of ether oxygens (including phenoxy) is 1. The molecule has 2 aromatic rings. The zero-order valence-corrected chi connectivity index (χ0v) is 11.6. The van der Waals surface area contributed by atoms with E-state index in [2.05, 4.69) is 0 Å². The van der Waals surface area contributed by atoms with Gasteiger partial charge in [-0.3, -0.25) is 9.59 Å². The fourth-order valence-corrected chi connectivity index (χ4v) is 2.99. The summed E-state index contributed by atoms with van der Waals surface area (Å²) < 4.78 is 5.59. The topological polar surface area (TPSA) is 43.4 Å². The first-order chi connectivity index (χ1) is 10.2. The van der Waals surface area contributed by atoms with Gasteiger partial charge in [0.25, 0.3) is 0 Å². The van der Waals surface area contributed by atoms with E-state index >= 15 is 0 Å². The van der Waals surface area contributed by atoms with Crippen LogP contribution in [0.25, 0.3) is 5.57 Å². The van der Waals surface area contributed by atoms with E-state index in [1.165, 1.54) is 0 Å². The maximum atomic E-state index is 12.8. The highest BCUT2D eigenvalue weighted by atomic mass is 35.5. The summed E-state index contributed by atoms with van der Waals surface area (Å²) in [4.78, 5) is 25.3. The molecule has 1 aliphatic carbocycles. The van der Waals surface area contributed by atoms with Gasteiger partial charge in [-0.05, 0) is 18.2 Å². The van der Waals surface area contributed by atoms with Crippen LogP contribution in [0.15, 0.2) is 48.0 Å². The Morgan fingerprint density at radius 2 is 1.62 bits per heavy atom. The highest BCUT2D eigenvalue weighted by molar-refractivity contribution is 6.41. The van der Waals surface area contributed by atoms with Crippen LogP contribution in [0, 0.1) is 0 Å². The third-order valence-electron chi connectivity index (χ3n) is 3.80. The van der Waals surface area contributed by atoms with Gasteiger partial charge in [-0.25, -0.2) is 0 Å². The number of carbonyl (C=O) groups is 2. The van der Waals surface area contributed by atoms with Crippen LogP contribution < -0.4 is 4.74 Å². The Balaban J connectivity index is 2.01. The molecule has 102 valence electrons. The van der Waals surface area contributed by atoms with Crippen LogP contribution in [0.3, 0.4) is 0 Å². The molecule has 0 unspecified atom stereocenters. The van der Waals surface area contributed by atoms with Crippen LogP contribution in [0.1, 0.15) is 26.3 Å². The molecule has 0 bridgehead atoms. The molecular formula is C17H9ClO3. The van der Waals surface area contributed by atoms with Crippen molar-refractivity contribution in [1.29, 1.82) is 0 Å². The maximum Gasteiger partial charge on any atom is 0.195 e. The SMILES string of the molecule is O=C1C2=C(C(=O)c3ccccc31)c1cc(Cl)ccc1OC2. The predicted molar refractivity (Wildman–Crippen MR) is 79.0 cm³/mol. The summed E-state index contributed by atoms with van der Waals surface area (Å²) in [5.74, 6) is 0.288. The highest BCUT2D eigenvalue weighted by Gasteiger charge is 2.36. The van der Waals surface area contributed by atoms with E-state index in [9.17, 15) is 9.59 Å². The Kier molecular flexibility index (Phi) is 2.53. The van der Waals surface area contributed by atoms with Crippen molar-refractivity contribution in [3.05, 3.63) is 69.8 Å². The van der Waals surface area contributed by atoms with Crippen molar-refractivity contribution in [2.75, 3.05) is 6.61 Å². The number of benzene rings is 2. The largest absolute Gasteiger partial charge is 0.488 e. The van der Waals surface area contributed by atoms with E-state index in [1.807, 2.05) is 0 Å². The monoisotopic (exact) mass is 296 g/mol. The second-order valence-corrected chi connectivity index (χ2v) is 5.42. The van der Waals surface area contributed by atoms with Gasteiger partial charge in [0.15, 0.2) is 11.6 Å². The van der Waals surface area contributed by atoms with Crippen LogP contribution >= 0.6 is 11.6 Å². The lowest BCUT2D eigenvalue weighted by Gasteiger charge is -2.27. The molecule has 2 aromatic carbocycles. The number of ketones is 2. The minimum absolute atomic E-state index is 0.114. The van der Waals surface area contributed by atoms with E-state index in [0.29, 0.717) is 38.6 Å². The van der Waals surface area contributed by atoms with E-state index in [0.717, 1.165) is 0 Å². The molecule has 0 aromatic heterocycles. The number of rotatable bonds is 0. The second-order valence-electron chi connectivity index (χ2n) is 4.99. The molecule has 0 atom stereocenters. The van der Waals surface area contributed by atoms with Crippen LogP contribution in [0.5, 0.6) is 5.75 Å². The average molecular weight is 297 g/mol. The molecule has 0 saturated heterocycles. The van der Waals surface area contributed by atoms with Crippen molar-refractivity contribution in [3.8, 4) is 5.75 Å². The minimum Gasteiger partial charge on any atom is -0.488 e. The van der Waals surface area contributed by atoms with Crippen LogP contribution in [-0.4, -0.2) is 18.2 Å². The van der Waals surface area contributed by atoms with E-state index in [-0.39, 0.29) is 18.2 Å². The van der Waals surface area contributed by atoms with Crippen LogP contribution in [0.4, 0.5) is 0 Å². The quantitative estimate of drug-likeness (QED) is 0.746. The van der Waals surface area contributed by atoms with Gasteiger partial charge < -0.3 is 4.74 Å². The average Bonchev–Trinajstić information content (AvgIpc) is 2.51. The van der Waals surface area contributed by atoms with Crippen molar-refractivity contribution < 1.29 is 14.3 Å². The van der Waals surface area contributed by atoms with Gasteiger partial charge in [-0.15, -0.1) is 0 Å². The number of hydrogen-bond acceptors (Lipinski definition) is 3. The molecule has 1 heterocycles. The zero-order valence-electron chi connectivity index (χ0n) is 10.9. The van der Waals surface area contributed by atoms with Crippen LogP contribution in [-0.2, 0) is 0 Å². The van der Waals surface area contributed by atoms with E-state index in [4.69, 9.17) is 16.3 Å². The Morgan fingerprint density at radius 1 is 0.905 bits per heavy atom. The molecule has 0 saturated carbocycles. The molecule has 4 rings (SSSR count). The Labute approximate surface area is 125 Å². The molecule has 0 N–H and O–H groups in total. The molecular weight excluding hydrogens is 288 g/mol. The van der Waals surface area contributed by atoms with Gasteiger partial charge >= 0.3 is 0 Å². The molecule has 3 nitrogen and oxygen atoms in total. The molecule has 0 spiro atoms. The Hall–Kier alpha value is -2.39. The standard InChI is InChI=1S/C17H9ClO3/c18-9-5-6-14-12(7-9)15-13(8-21-14)16(19)10-3-1-2-4-11(10)17(15)20/h1-7H,8H2. The first kappa shape index (κ1) is 12.4. The summed E-state index contributed by atoms with van der Waals surface area (Å²) in [6, 6.07) is 12.0. The van der Waals surface area contributed by atoms with Crippen molar-refractivity contribution in [2.45, 2.75) is 0 Å². The normalized spacial score (nSPS) is 16.0. The van der Waals surface area contributed by atoms with Gasteiger partial charge in [-0.2, -0.15) is 0 Å². The summed E-state index contributed by atoms with van der Waals surface area (Å²) >= 11 is 6.02. The fraction of sp³-hybridized carbons (Fsp3) is 0.0588. The molecule has 0 fully saturated rings. The van der Waals surface area contributed by atoms with Gasteiger partial charge in [0.1, 0.15) is 12.4 Å². The van der Waals surface area contributed by atoms with Gasteiger partial charge in [0.2, 0.25) is 0 Å². The fourth-order valence-electron chi connectivity index (χ4n) is 2.82. The third-order valence-corrected chi connectivity index (χ3v) is 4.04. The zero-order chi connectivity index (χ0) is 14.6. The van der Waals surface area contributed by atoms with E-state index < -0.39 is 0 Å². The molecule has 0 radical (unpaired) electrons. The number of carbonyl (C=O) groups excluding carboxylic acids is 2. The van der Waals surface area contributed by atoms with Gasteiger partial charge in [0.05, 0.1) is 0 Å². The Bertz CT molecular complexity index is 849. The lowest BCUT2D eigenvalue weighted by molar-refractivity contribution is 0.0978. The summed E-state index contributed by atoms with van der Waals surface area (Å²) in [5.41, 5.74) is 2.30. The highest BCUT2D eigenvalue weighted by Crippen LogP contribution is 2.40. The number of allylic oxidation sites excluding steroid dienone is 1. The summed E-state index contributed by atoms with van der Waals surface area (Å²) in [7, 11) is 0. The first-order valence-corrected chi connectivity index (χ1v) is 6.89. The number of fused-ring (bicyclic) bond motifs is 3. The van der Waals surface area contributed by atoms with Crippen molar-refractivity contribution in [3.63, 3.8) is 0 Å². The molecule has 4 heteroatoms. The van der Waals surface area contributed by atoms with Gasteiger partial charge in [0, 0.05) is 32.9 Å². The van der Waals surface area contributed by atoms with Gasteiger partial charge in [-0.1, -0.05) is 35.9 Å².